The van der Waals surface area contributed by atoms with Gasteiger partial charge in [0.1, 0.15) is 18.4 Å². The number of hydrogen-bond donors (Lipinski definition) is 0. The molecular weight excluding hydrogens is 330 g/mol. The van der Waals surface area contributed by atoms with E-state index in [-0.39, 0.29) is 0 Å². The number of fused-ring (bicyclic) bond motifs is 2. The van der Waals surface area contributed by atoms with Gasteiger partial charge in [-0.05, 0) is 36.1 Å². The third-order valence-corrected chi connectivity index (χ3v) is 5.23. The molecule has 5 nitrogen and oxygen atoms in total. The minimum absolute atomic E-state index is 0.316. The highest BCUT2D eigenvalue weighted by atomic mass is 16.7. The zero-order chi connectivity index (χ0) is 18.1. The van der Waals surface area contributed by atoms with Gasteiger partial charge in [0.25, 0.3) is 0 Å². The average Bonchev–Trinajstić information content (AvgIpc) is 3.00. The number of carbonyl (C=O) groups is 1. The van der Waals surface area contributed by atoms with Gasteiger partial charge in [0.2, 0.25) is 0 Å². The molecule has 2 heterocycles. The second kappa shape index (κ2) is 6.74. The van der Waals surface area contributed by atoms with Crippen LogP contribution in [0.15, 0.2) is 47.6 Å². The lowest BCUT2D eigenvalue weighted by molar-refractivity contribution is -0.277. The van der Waals surface area contributed by atoms with Crippen LogP contribution in [0.2, 0.25) is 0 Å². The molecule has 2 unspecified atom stereocenters. The van der Waals surface area contributed by atoms with Crippen molar-refractivity contribution in [1.82, 2.24) is 0 Å². The van der Waals surface area contributed by atoms with Crippen LogP contribution in [-0.4, -0.2) is 18.4 Å². The van der Waals surface area contributed by atoms with Crippen LogP contribution >= 0.6 is 0 Å². The molecule has 0 saturated carbocycles. The third kappa shape index (κ3) is 3.08. The number of rotatable bonds is 4. The monoisotopic (exact) mass is 351 g/mol. The van der Waals surface area contributed by atoms with Crippen molar-refractivity contribution >= 4 is 6.29 Å². The van der Waals surface area contributed by atoms with E-state index in [0.29, 0.717) is 19.4 Å². The minimum atomic E-state index is -1.04. The molecule has 0 radical (unpaired) electrons. The molecule has 1 fully saturated rings. The van der Waals surface area contributed by atoms with Crippen molar-refractivity contribution in [3.63, 3.8) is 0 Å². The molecule has 2 aliphatic rings. The summed E-state index contributed by atoms with van der Waals surface area (Å²) in [6.45, 7) is 2.49. The molecule has 0 bridgehead atoms. The summed E-state index contributed by atoms with van der Waals surface area (Å²) in [5, 5.41) is 3.17. The third-order valence-electron chi connectivity index (χ3n) is 5.23. The lowest BCUT2D eigenvalue weighted by Crippen LogP contribution is -2.44. The summed E-state index contributed by atoms with van der Waals surface area (Å²) in [5.41, 5.74) is 5.56. The molecule has 5 heteroatoms. The highest BCUT2D eigenvalue weighted by Crippen LogP contribution is 2.46. The summed E-state index contributed by atoms with van der Waals surface area (Å²) in [7, 11) is 0. The zero-order valence-corrected chi connectivity index (χ0v) is 14.7. The van der Waals surface area contributed by atoms with Crippen LogP contribution < -0.4 is 0 Å². The number of aryl methyl sites for hydroxylation is 1. The van der Waals surface area contributed by atoms with E-state index in [0.717, 1.165) is 29.4 Å². The first kappa shape index (κ1) is 17.1. The number of nitroso groups, excluding NO2 is 1. The van der Waals surface area contributed by atoms with Crippen LogP contribution in [0.3, 0.4) is 0 Å². The van der Waals surface area contributed by atoms with E-state index in [1.54, 1.807) is 0 Å². The first-order valence-corrected chi connectivity index (χ1v) is 8.89. The van der Waals surface area contributed by atoms with Gasteiger partial charge >= 0.3 is 0 Å². The van der Waals surface area contributed by atoms with Crippen LogP contribution in [0.5, 0.6) is 0 Å². The summed E-state index contributed by atoms with van der Waals surface area (Å²) in [5.74, 6) is -1.04. The maximum Gasteiger partial charge on any atom is 0.198 e. The zero-order valence-electron chi connectivity index (χ0n) is 14.7. The second-order valence-corrected chi connectivity index (χ2v) is 7.19. The normalized spacial score (nSPS) is 27.3. The van der Waals surface area contributed by atoms with E-state index in [4.69, 9.17) is 9.47 Å². The molecule has 134 valence electrons. The van der Waals surface area contributed by atoms with E-state index in [9.17, 15) is 9.70 Å². The van der Waals surface area contributed by atoms with Crippen molar-refractivity contribution in [2.45, 2.75) is 50.7 Å². The Bertz CT molecular complexity index is 814. The van der Waals surface area contributed by atoms with Crippen LogP contribution in [-0.2, 0) is 33.1 Å². The van der Waals surface area contributed by atoms with Crippen molar-refractivity contribution in [1.29, 1.82) is 0 Å². The van der Waals surface area contributed by atoms with Crippen LogP contribution in [0, 0.1) is 11.8 Å². The summed E-state index contributed by atoms with van der Waals surface area (Å²) >= 11 is 0. The van der Waals surface area contributed by atoms with E-state index in [2.05, 4.69) is 48.5 Å². The summed E-state index contributed by atoms with van der Waals surface area (Å²) in [4.78, 5) is 22.4. The highest BCUT2D eigenvalue weighted by Gasteiger charge is 2.49. The molecular formula is C21H21NO4. The number of benzene rings is 2. The largest absolute Gasteiger partial charge is 0.341 e. The van der Waals surface area contributed by atoms with Crippen molar-refractivity contribution in [2.24, 2.45) is 5.18 Å². The summed E-state index contributed by atoms with van der Waals surface area (Å²) < 4.78 is 11.9. The Morgan fingerprint density at radius 2 is 1.96 bits per heavy atom. The minimum Gasteiger partial charge on any atom is -0.341 e. The molecule has 1 saturated heterocycles. The lowest BCUT2D eigenvalue weighted by Gasteiger charge is -2.38. The smallest absolute Gasteiger partial charge is 0.198 e. The summed E-state index contributed by atoms with van der Waals surface area (Å²) in [6.07, 6.45) is 1.53. The average molecular weight is 351 g/mol. The van der Waals surface area contributed by atoms with Gasteiger partial charge in [-0.15, -0.1) is 0 Å². The van der Waals surface area contributed by atoms with E-state index in [1.807, 2.05) is 6.07 Å². The van der Waals surface area contributed by atoms with Gasteiger partial charge in [0.05, 0.1) is 6.61 Å². The fourth-order valence-electron chi connectivity index (χ4n) is 3.86. The maximum atomic E-state index is 11.3. The van der Waals surface area contributed by atoms with E-state index < -0.39 is 17.9 Å². The van der Waals surface area contributed by atoms with Crippen molar-refractivity contribution in [3.8, 4) is 0 Å². The molecule has 2 aromatic carbocycles. The standard InChI is InChI=1S/C21H21NO4/c1-14-2-4-15(5-3-14)8-16-6-7-17-13-25-21(20(17)9-16)11-18(22-24)10-19(12-23)26-21/h2-7,9,12,18-19H,8,10-11,13H2,1H3/t18?,19?,21-/m1/s1. The van der Waals surface area contributed by atoms with Gasteiger partial charge in [0.15, 0.2) is 5.79 Å². The first-order chi connectivity index (χ1) is 12.6. The van der Waals surface area contributed by atoms with Crippen LogP contribution in [0.1, 0.15) is 40.7 Å². The maximum absolute atomic E-state index is 11.3. The van der Waals surface area contributed by atoms with Gasteiger partial charge in [-0.1, -0.05) is 47.1 Å². The number of aldehydes is 1. The van der Waals surface area contributed by atoms with Crippen LogP contribution in [0.4, 0.5) is 0 Å². The Labute approximate surface area is 152 Å². The summed E-state index contributed by atoms with van der Waals surface area (Å²) in [6, 6.07) is 14.2. The van der Waals surface area contributed by atoms with Gasteiger partial charge in [-0.3, -0.25) is 0 Å². The molecule has 2 aliphatic heterocycles. The molecule has 0 aromatic heterocycles. The van der Waals surface area contributed by atoms with Gasteiger partial charge in [0, 0.05) is 18.4 Å². The molecule has 1 spiro atoms. The number of ether oxygens (including phenoxy) is 2. The predicted molar refractivity (Wildman–Crippen MR) is 96.6 cm³/mol. The molecule has 26 heavy (non-hydrogen) atoms. The Hall–Kier alpha value is -2.37. The molecule has 0 N–H and O–H groups in total. The van der Waals surface area contributed by atoms with Crippen molar-refractivity contribution in [3.05, 3.63) is 75.2 Å². The highest BCUT2D eigenvalue weighted by molar-refractivity contribution is 5.57. The van der Waals surface area contributed by atoms with E-state index in [1.165, 1.54) is 11.1 Å². The molecule has 2 aromatic rings. The predicted octanol–water partition coefficient (Wildman–Crippen LogP) is 3.78. The number of carbonyl (C=O) groups excluding carboxylic acids is 1. The van der Waals surface area contributed by atoms with Gasteiger partial charge < -0.3 is 14.3 Å². The fourth-order valence-corrected chi connectivity index (χ4v) is 3.86. The Morgan fingerprint density at radius 3 is 2.69 bits per heavy atom. The van der Waals surface area contributed by atoms with Gasteiger partial charge in [-0.25, -0.2) is 0 Å². The van der Waals surface area contributed by atoms with Crippen molar-refractivity contribution < 1.29 is 14.3 Å². The molecule has 0 amide bonds. The Kier molecular flexibility index (Phi) is 4.42. The number of hydrogen-bond acceptors (Lipinski definition) is 5. The molecule has 4 rings (SSSR count). The fraction of sp³-hybridized carbons (Fsp3) is 0.381. The SMILES string of the molecule is Cc1ccc(Cc2ccc3c(c2)[C@]2(CC(N=O)CC(C=O)O2)OC3)cc1. The topological polar surface area (TPSA) is 65.0 Å². The van der Waals surface area contributed by atoms with E-state index >= 15 is 0 Å². The number of nitrogens with zero attached hydrogens (tertiary/aromatic N) is 1. The lowest BCUT2D eigenvalue weighted by atomic mass is 9.89. The first-order valence-electron chi connectivity index (χ1n) is 8.89. The quantitative estimate of drug-likeness (QED) is 0.621. The van der Waals surface area contributed by atoms with Crippen LogP contribution in [0.25, 0.3) is 0 Å². The van der Waals surface area contributed by atoms with Gasteiger partial charge in [-0.2, -0.15) is 4.91 Å². The molecule has 3 atom stereocenters. The second-order valence-electron chi connectivity index (χ2n) is 7.19. The van der Waals surface area contributed by atoms with Crippen molar-refractivity contribution in [2.75, 3.05) is 0 Å². The molecule has 0 aliphatic carbocycles. The Balaban J connectivity index is 1.66. The Morgan fingerprint density at radius 1 is 1.19 bits per heavy atom.